The molecule has 0 aliphatic carbocycles. The van der Waals surface area contributed by atoms with Crippen molar-refractivity contribution in [1.29, 1.82) is 0 Å². The molecule has 0 aliphatic heterocycles. The lowest BCUT2D eigenvalue weighted by Gasteiger charge is -2.07. The van der Waals surface area contributed by atoms with Gasteiger partial charge in [0.05, 0.1) is 0 Å². The normalized spacial score (nSPS) is 11.5. The Labute approximate surface area is 83.0 Å². The predicted octanol–water partition coefficient (Wildman–Crippen LogP) is 4.53. The fourth-order valence-corrected chi connectivity index (χ4v) is 1.13. The molecule has 13 heavy (non-hydrogen) atoms. The molecule has 0 amide bonds. The Morgan fingerprint density at radius 2 is 1.54 bits per heavy atom. The largest absolute Gasteiger partial charge is 0.0683 e. The van der Waals surface area contributed by atoms with E-state index in [2.05, 4.69) is 45.0 Å². The molecular formula is C13H22. The maximum Gasteiger partial charge on any atom is -0.0193 e. The summed E-state index contributed by atoms with van der Waals surface area (Å²) < 4.78 is 0. The Balaban J connectivity index is 0.000000671. The van der Waals surface area contributed by atoms with Gasteiger partial charge >= 0.3 is 0 Å². The van der Waals surface area contributed by atoms with Gasteiger partial charge in [0.15, 0.2) is 0 Å². The first-order valence-electron chi connectivity index (χ1n) is 5.30. The number of benzene rings is 1. The molecule has 1 aromatic rings. The van der Waals surface area contributed by atoms with Gasteiger partial charge in [-0.05, 0) is 24.8 Å². The molecular weight excluding hydrogens is 156 g/mol. The highest BCUT2D eigenvalue weighted by Crippen LogP contribution is 2.18. The first-order chi connectivity index (χ1) is 6.24. The second-order valence-electron chi connectivity index (χ2n) is 3.22. The van der Waals surface area contributed by atoms with Crippen molar-refractivity contribution in [2.75, 3.05) is 0 Å². The second-order valence-corrected chi connectivity index (χ2v) is 3.22. The zero-order chi connectivity index (χ0) is 10.3. The van der Waals surface area contributed by atoms with Crippen LogP contribution in [0.25, 0.3) is 0 Å². The topological polar surface area (TPSA) is 0 Å². The van der Waals surface area contributed by atoms with Gasteiger partial charge in [0.2, 0.25) is 0 Å². The summed E-state index contributed by atoms with van der Waals surface area (Å²) in [4.78, 5) is 0. The van der Waals surface area contributed by atoms with Crippen molar-refractivity contribution in [2.24, 2.45) is 0 Å². The second kappa shape index (κ2) is 6.71. The molecule has 0 saturated heterocycles. The Hall–Kier alpha value is -0.780. The van der Waals surface area contributed by atoms with Gasteiger partial charge in [0.1, 0.15) is 0 Å². The SMILES string of the molecule is CC.CCC(C)c1ccc(C)cc1. The zero-order valence-corrected chi connectivity index (χ0v) is 9.59. The average Bonchev–Trinajstić information content (AvgIpc) is 2.21. The van der Waals surface area contributed by atoms with Crippen molar-refractivity contribution in [2.45, 2.75) is 47.0 Å². The summed E-state index contributed by atoms with van der Waals surface area (Å²) >= 11 is 0. The van der Waals surface area contributed by atoms with E-state index in [0.717, 1.165) is 0 Å². The fourth-order valence-electron chi connectivity index (χ4n) is 1.13. The monoisotopic (exact) mass is 178 g/mol. The summed E-state index contributed by atoms with van der Waals surface area (Å²) in [6.07, 6.45) is 1.23. The van der Waals surface area contributed by atoms with E-state index in [9.17, 15) is 0 Å². The van der Waals surface area contributed by atoms with Crippen LogP contribution < -0.4 is 0 Å². The fraction of sp³-hybridized carbons (Fsp3) is 0.538. The molecule has 74 valence electrons. The minimum atomic E-state index is 0.704. The molecule has 1 unspecified atom stereocenters. The Kier molecular flexibility index (Phi) is 6.30. The Morgan fingerprint density at radius 3 is 1.92 bits per heavy atom. The molecule has 0 aliphatic rings. The molecule has 0 fully saturated rings. The van der Waals surface area contributed by atoms with Crippen LogP contribution in [-0.2, 0) is 0 Å². The van der Waals surface area contributed by atoms with E-state index in [1.165, 1.54) is 17.5 Å². The molecule has 1 rings (SSSR count). The summed E-state index contributed by atoms with van der Waals surface area (Å²) in [5, 5.41) is 0. The van der Waals surface area contributed by atoms with Gasteiger partial charge in [0.25, 0.3) is 0 Å². The van der Waals surface area contributed by atoms with Crippen LogP contribution in [0.5, 0.6) is 0 Å². The van der Waals surface area contributed by atoms with Gasteiger partial charge < -0.3 is 0 Å². The van der Waals surface area contributed by atoms with Gasteiger partial charge in [-0.3, -0.25) is 0 Å². The third kappa shape index (κ3) is 4.12. The molecule has 1 aromatic carbocycles. The van der Waals surface area contributed by atoms with Crippen LogP contribution in [0, 0.1) is 6.92 Å². The first kappa shape index (κ1) is 12.2. The van der Waals surface area contributed by atoms with Crippen molar-refractivity contribution in [3.8, 4) is 0 Å². The quantitative estimate of drug-likeness (QED) is 0.624. The Bertz CT molecular complexity index is 208. The third-order valence-electron chi connectivity index (χ3n) is 2.26. The van der Waals surface area contributed by atoms with Crippen LogP contribution in [0.4, 0.5) is 0 Å². The number of hydrogen-bond acceptors (Lipinski definition) is 0. The van der Waals surface area contributed by atoms with E-state index >= 15 is 0 Å². The van der Waals surface area contributed by atoms with E-state index in [-0.39, 0.29) is 0 Å². The van der Waals surface area contributed by atoms with E-state index in [0.29, 0.717) is 5.92 Å². The summed E-state index contributed by atoms with van der Waals surface area (Å²) in [7, 11) is 0. The van der Waals surface area contributed by atoms with E-state index in [1.807, 2.05) is 13.8 Å². The molecule has 0 bridgehead atoms. The van der Waals surface area contributed by atoms with Crippen molar-refractivity contribution < 1.29 is 0 Å². The molecule has 0 heterocycles. The van der Waals surface area contributed by atoms with Crippen LogP contribution >= 0.6 is 0 Å². The first-order valence-corrected chi connectivity index (χ1v) is 5.30. The molecule has 1 atom stereocenters. The summed E-state index contributed by atoms with van der Waals surface area (Å²) in [5.41, 5.74) is 2.80. The van der Waals surface area contributed by atoms with E-state index in [1.54, 1.807) is 0 Å². The molecule has 0 heteroatoms. The minimum absolute atomic E-state index is 0.704. The lowest BCUT2D eigenvalue weighted by Crippen LogP contribution is -1.89. The highest BCUT2D eigenvalue weighted by atomic mass is 14.0. The lowest BCUT2D eigenvalue weighted by atomic mass is 9.98. The standard InChI is InChI=1S/C11H16.C2H6/c1-4-10(3)11-7-5-9(2)6-8-11;1-2/h5-8,10H,4H2,1-3H3;1-2H3. The zero-order valence-electron chi connectivity index (χ0n) is 9.59. The molecule has 0 nitrogen and oxygen atoms in total. The van der Waals surface area contributed by atoms with Crippen molar-refractivity contribution in [3.05, 3.63) is 35.4 Å². The molecule has 0 radical (unpaired) electrons. The average molecular weight is 178 g/mol. The molecule has 0 aromatic heterocycles. The number of aryl methyl sites for hydroxylation is 1. The van der Waals surface area contributed by atoms with E-state index in [4.69, 9.17) is 0 Å². The molecule has 0 saturated carbocycles. The van der Waals surface area contributed by atoms with Crippen molar-refractivity contribution >= 4 is 0 Å². The Morgan fingerprint density at radius 1 is 1.08 bits per heavy atom. The highest BCUT2D eigenvalue weighted by molar-refractivity contribution is 5.23. The third-order valence-corrected chi connectivity index (χ3v) is 2.26. The van der Waals surface area contributed by atoms with Crippen LogP contribution in [0.2, 0.25) is 0 Å². The van der Waals surface area contributed by atoms with Gasteiger partial charge in [-0.2, -0.15) is 0 Å². The molecule has 0 spiro atoms. The maximum absolute atomic E-state index is 2.27. The van der Waals surface area contributed by atoms with Crippen molar-refractivity contribution in [3.63, 3.8) is 0 Å². The minimum Gasteiger partial charge on any atom is -0.0683 e. The summed E-state index contributed by atoms with van der Waals surface area (Å²) in [5.74, 6) is 0.704. The maximum atomic E-state index is 2.27. The number of hydrogen-bond donors (Lipinski definition) is 0. The predicted molar refractivity (Wildman–Crippen MR) is 61.2 cm³/mol. The van der Waals surface area contributed by atoms with Crippen LogP contribution in [0.15, 0.2) is 24.3 Å². The van der Waals surface area contributed by atoms with Crippen LogP contribution in [0.3, 0.4) is 0 Å². The molecule has 0 N–H and O–H groups in total. The van der Waals surface area contributed by atoms with Crippen LogP contribution in [0.1, 0.15) is 51.2 Å². The number of rotatable bonds is 2. The highest BCUT2D eigenvalue weighted by Gasteiger charge is 2.00. The lowest BCUT2D eigenvalue weighted by molar-refractivity contribution is 0.733. The van der Waals surface area contributed by atoms with Gasteiger partial charge in [0, 0.05) is 0 Å². The summed E-state index contributed by atoms with van der Waals surface area (Å²) in [6, 6.07) is 8.82. The van der Waals surface area contributed by atoms with E-state index < -0.39 is 0 Å². The van der Waals surface area contributed by atoms with Gasteiger partial charge in [-0.15, -0.1) is 0 Å². The smallest absolute Gasteiger partial charge is 0.0193 e. The summed E-state index contributed by atoms with van der Waals surface area (Å²) in [6.45, 7) is 10.6. The van der Waals surface area contributed by atoms with Gasteiger partial charge in [-0.25, -0.2) is 0 Å². The van der Waals surface area contributed by atoms with Crippen molar-refractivity contribution in [1.82, 2.24) is 0 Å². The van der Waals surface area contributed by atoms with Gasteiger partial charge in [-0.1, -0.05) is 57.5 Å². The van der Waals surface area contributed by atoms with Crippen LogP contribution in [-0.4, -0.2) is 0 Å².